The van der Waals surface area contributed by atoms with Crippen LogP contribution in [0.15, 0.2) is 29.2 Å². The highest BCUT2D eigenvalue weighted by Crippen LogP contribution is 2.43. The molecule has 5 rings (SSSR count). The molecule has 3 fully saturated rings. The number of nitrogens with one attached hydrogen (secondary N) is 3. The number of carbonyl (C=O) groups excluding carboxylic acids is 4. The molecule has 2 aliphatic heterocycles. The van der Waals surface area contributed by atoms with Crippen LogP contribution < -0.4 is 10.6 Å². The third-order valence-electron chi connectivity index (χ3n) is 8.32. The minimum Gasteiger partial charge on any atom is -0.389 e. The Bertz CT molecular complexity index is 1210. The summed E-state index contributed by atoms with van der Waals surface area (Å²) in [5.41, 5.74) is 1.32. The van der Waals surface area contributed by atoms with E-state index in [2.05, 4.69) is 15.6 Å². The molecule has 0 spiro atoms. The summed E-state index contributed by atoms with van der Waals surface area (Å²) >= 11 is 1.61. The molecule has 37 heavy (non-hydrogen) atoms. The molecule has 2 saturated heterocycles. The van der Waals surface area contributed by atoms with Gasteiger partial charge < -0.3 is 25.6 Å². The summed E-state index contributed by atoms with van der Waals surface area (Å²) in [5, 5.41) is 16.1. The van der Waals surface area contributed by atoms with E-state index in [4.69, 9.17) is 0 Å². The number of amides is 3. The van der Waals surface area contributed by atoms with E-state index >= 15 is 0 Å². The average Bonchev–Trinajstić information content (AvgIpc) is 3.68. The molecule has 3 aliphatic rings. The normalized spacial score (nSPS) is 25.8. The lowest BCUT2D eigenvalue weighted by Gasteiger charge is -2.28. The third kappa shape index (κ3) is 5.01. The summed E-state index contributed by atoms with van der Waals surface area (Å²) in [6.07, 6.45) is 6.26. The van der Waals surface area contributed by atoms with E-state index in [9.17, 15) is 24.3 Å². The van der Waals surface area contributed by atoms with Crippen molar-refractivity contribution in [1.29, 1.82) is 0 Å². The minimum absolute atomic E-state index is 0.0362. The average molecular weight is 527 g/mol. The van der Waals surface area contributed by atoms with Crippen LogP contribution in [0.2, 0.25) is 0 Å². The van der Waals surface area contributed by atoms with Gasteiger partial charge in [-0.25, -0.2) is 0 Å². The molecule has 5 atom stereocenters. The number of fused-ring (bicyclic) bond motifs is 2. The molecule has 2 aromatic rings. The number of benzene rings is 1. The Hall–Kier alpha value is -2.85. The van der Waals surface area contributed by atoms with Gasteiger partial charge in [-0.2, -0.15) is 0 Å². The van der Waals surface area contributed by atoms with E-state index in [1.165, 1.54) is 0 Å². The van der Waals surface area contributed by atoms with Gasteiger partial charge in [0.25, 0.3) is 5.91 Å². The van der Waals surface area contributed by atoms with E-state index in [1.54, 1.807) is 16.7 Å². The highest BCUT2D eigenvalue weighted by molar-refractivity contribution is 7.98. The van der Waals surface area contributed by atoms with Crippen LogP contribution in [0.25, 0.3) is 10.9 Å². The molecule has 1 saturated carbocycles. The summed E-state index contributed by atoms with van der Waals surface area (Å²) < 4.78 is 0. The predicted octanol–water partition coefficient (Wildman–Crippen LogP) is 2.09. The largest absolute Gasteiger partial charge is 0.389 e. The molecule has 3 amide bonds. The maximum absolute atomic E-state index is 13.7. The third-order valence-corrected chi connectivity index (χ3v) is 9.12. The van der Waals surface area contributed by atoms with Gasteiger partial charge >= 0.3 is 0 Å². The molecular formula is C27H34N4O5S. The summed E-state index contributed by atoms with van der Waals surface area (Å²) in [5.74, 6) is -0.989. The number of aromatic nitrogens is 1. The van der Waals surface area contributed by atoms with Gasteiger partial charge in [0.2, 0.25) is 11.8 Å². The number of Topliss-reactive ketones (excluding diaryl/α,β-unsaturated/α-hetero) is 1. The molecule has 3 heterocycles. The van der Waals surface area contributed by atoms with Crippen LogP contribution in [0.4, 0.5) is 0 Å². The first kappa shape index (κ1) is 25.8. The van der Waals surface area contributed by atoms with Crippen LogP contribution in [-0.4, -0.2) is 76.5 Å². The first-order valence-corrected chi connectivity index (χ1v) is 14.3. The number of ketones is 1. The van der Waals surface area contributed by atoms with Gasteiger partial charge in [0, 0.05) is 34.8 Å². The minimum atomic E-state index is -0.888. The van der Waals surface area contributed by atoms with E-state index in [-0.39, 0.29) is 41.9 Å². The Balaban J connectivity index is 1.36. The van der Waals surface area contributed by atoms with Crippen LogP contribution >= 0.6 is 11.8 Å². The molecule has 4 N–H and O–H groups in total. The first-order valence-electron chi connectivity index (χ1n) is 13.1. The number of aromatic amines is 1. The highest BCUT2D eigenvalue weighted by atomic mass is 32.2. The number of aliphatic hydroxyl groups is 1. The van der Waals surface area contributed by atoms with Crippen LogP contribution in [0.1, 0.15) is 49.0 Å². The van der Waals surface area contributed by atoms with Crippen molar-refractivity contribution in [3.8, 4) is 0 Å². The number of H-pyrrole nitrogens is 1. The SMILES string of the molecule is CSc1cccc2[nH]c(C(=O)N3C[C@@H]4CCC[C@@H]4[C@H]3C(=O)N[C@@H](CC[C@@H]3CCNC3=O)C(=O)CO)cc12. The zero-order valence-corrected chi connectivity index (χ0v) is 21.8. The molecule has 1 aromatic carbocycles. The van der Waals surface area contributed by atoms with Crippen molar-refractivity contribution in [3.05, 3.63) is 30.0 Å². The monoisotopic (exact) mass is 526 g/mol. The fourth-order valence-corrected chi connectivity index (χ4v) is 7.00. The summed E-state index contributed by atoms with van der Waals surface area (Å²) in [7, 11) is 0. The standard InChI is InChI=1S/C27H34N4O5S/c1-37-23-7-3-6-19-18(23)12-21(29-19)27(36)31-13-16-4-2-5-17(16)24(31)26(35)30-20(22(33)14-32)9-8-15-10-11-28-25(15)34/h3,6-7,12,15-17,20,24,29,32H,2,4-5,8-11,13-14H2,1H3,(H,28,34)(H,30,35)/t15-,16+,17+,20+,24+/m1/s1. The zero-order chi connectivity index (χ0) is 26.1. The molecule has 0 radical (unpaired) electrons. The van der Waals surface area contributed by atoms with Crippen molar-refractivity contribution in [2.24, 2.45) is 17.8 Å². The zero-order valence-electron chi connectivity index (χ0n) is 21.0. The molecular weight excluding hydrogens is 492 g/mol. The lowest BCUT2D eigenvalue weighted by Crippen LogP contribution is -2.53. The van der Waals surface area contributed by atoms with E-state index < -0.39 is 24.5 Å². The summed E-state index contributed by atoms with van der Waals surface area (Å²) in [4.78, 5) is 57.8. The van der Waals surface area contributed by atoms with Crippen molar-refractivity contribution >= 4 is 46.2 Å². The van der Waals surface area contributed by atoms with Crippen molar-refractivity contribution in [2.75, 3.05) is 26.0 Å². The summed E-state index contributed by atoms with van der Waals surface area (Å²) in [6, 6.07) is 6.19. The van der Waals surface area contributed by atoms with Crippen LogP contribution in [0, 0.1) is 17.8 Å². The summed E-state index contributed by atoms with van der Waals surface area (Å²) in [6.45, 7) is 0.435. The topological polar surface area (TPSA) is 132 Å². The Morgan fingerprint density at radius 1 is 1.24 bits per heavy atom. The number of thioether (sulfide) groups is 1. The van der Waals surface area contributed by atoms with Gasteiger partial charge in [0.1, 0.15) is 18.3 Å². The van der Waals surface area contributed by atoms with Gasteiger partial charge in [-0.05, 0) is 68.4 Å². The van der Waals surface area contributed by atoms with Crippen molar-refractivity contribution < 1.29 is 24.3 Å². The number of aliphatic hydroxyl groups excluding tert-OH is 1. The molecule has 198 valence electrons. The van der Waals surface area contributed by atoms with Crippen LogP contribution in [0.5, 0.6) is 0 Å². The van der Waals surface area contributed by atoms with Gasteiger partial charge in [-0.3, -0.25) is 19.2 Å². The van der Waals surface area contributed by atoms with Crippen molar-refractivity contribution in [3.63, 3.8) is 0 Å². The number of carbonyl (C=O) groups is 4. The van der Waals surface area contributed by atoms with Gasteiger partial charge in [0.15, 0.2) is 5.78 Å². The number of hydrogen-bond donors (Lipinski definition) is 4. The molecule has 0 bridgehead atoms. The van der Waals surface area contributed by atoms with Crippen molar-refractivity contribution in [2.45, 2.75) is 55.5 Å². The number of rotatable bonds is 9. The maximum Gasteiger partial charge on any atom is 0.271 e. The molecule has 10 heteroatoms. The second-order valence-electron chi connectivity index (χ2n) is 10.4. The fraction of sp³-hybridized carbons (Fsp3) is 0.556. The van der Waals surface area contributed by atoms with Gasteiger partial charge in [-0.15, -0.1) is 11.8 Å². The Morgan fingerprint density at radius 3 is 2.81 bits per heavy atom. The number of hydrogen-bond acceptors (Lipinski definition) is 6. The maximum atomic E-state index is 13.7. The number of nitrogens with zero attached hydrogens (tertiary/aromatic N) is 1. The van der Waals surface area contributed by atoms with Gasteiger partial charge in [0.05, 0.1) is 6.04 Å². The number of likely N-dealkylation sites (tertiary alicyclic amines) is 1. The Labute approximate surface area is 220 Å². The molecule has 9 nitrogen and oxygen atoms in total. The van der Waals surface area contributed by atoms with E-state index in [1.807, 2.05) is 30.5 Å². The molecule has 1 aliphatic carbocycles. The van der Waals surface area contributed by atoms with Gasteiger partial charge in [-0.1, -0.05) is 12.5 Å². The Morgan fingerprint density at radius 2 is 2.08 bits per heavy atom. The second-order valence-corrected chi connectivity index (χ2v) is 11.2. The smallest absolute Gasteiger partial charge is 0.271 e. The lowest BCUT2D eigenvalue weighted by molar-refractivity contribution is -0.132. The predicted molar refractivity (Wildman–Crippen MR) is 140 cm³/mol. The van der Waals surface area contributed by atoms with Crippen LogP contribution in [-0.2, 0) is 14.4 Å². The van der Waals surface area contributed by atoms with Crippen molar-refractivity contribution in [1.82, 2.24) is 20.5 Å². The highest BCUT2D eigenvalue weighted by Gasteiger charge is 2.50. The Kier molecular flexibility index (Phi) is 7.57. The second kappa shape index (κ2) is 10.9. The quantitative estimate of drug-likeness (QED) is 0.370. The molecule has 1 aromatic heterocycles. The molecule has 0 unspecified atom stereocenters. The fourth-order valence-electron chi connectivity index (χ4n) is 6.40. The first-order chi connectivity index (χ1) is 17.9. The van der Waals surface area contributed by atoms with E-state index in [0.717, 1.165) is 35.1 Å². The van der Waals surface area contributed by atoms with Crippen LogP contribution in [0.3, 0.4) is 0 Å². The lowest BCUT2D eigenvalue weighted by atomic mass is 9.92. The van der Waals surface area contributed by atoms with E-state index in [0.29, 0.717) is 31.6 Å².